The Hall–Kier alpha value is 0.190. The maximum absolute atomic E-state index is 6.11. The van der Waals surface area contributed by atoms with Crippen LogP contribution < -0.4 is 11.3 Å². The third-order valence-corrected chi connectivity index (χ3v) is 5.21. The summed E-state index contributed by atoms with van der Waals surface area (Å²) >= 11 is 2.05. The van der Waals surface area contributed by atoms with Crippen LogP contribution in [0.25, 0.3) is 0 Å². The fourth-order valence-corrected chi connectivity index (χ4v) is 4.30. The zero-order valence-electron chi connectivity index (χ0n) is 11.3. The van der Waals surface area contributed by atoms with E-state index in [1.807, 2.05) is 18.7 Å². The predicted octanol–water partition coefficient (Wildman–Crippen LogP) is 1.55. The summed E-state index contributed by atoms with van der Waals surface area (Å²) in [6, 6.07) is 0.264. The summed E-state index contributed by atoms with van der Waals surface area (Å²) in [6.45, 7) is 4.36. The van der Waals surface area contributed by atoms with Crippen molar-refractivity contribution in [2.24, 2.45) is 11.8 Å². The zero-order chi connectivity index (χ0) is 12.8. The largest absolute Gasteiger partial charge is 0.380 e. The molecular formula is C13H26N2O2S. The van der Waals surface area contributed by atoms with Crippen LogP contribution in [0, 0.1) is 5.92 Å². The number of thioether (sulfide) groups is 1. The fraction of sp³-hybridized carbons (Fsp3) is 1.00. The van der Waals surface area contributed by atoms with Gasteiger partial charge >= 0.3 is 0 Å². The van der Waals surface area contributed by atoms with Crippen LogP contribution in [0.2, 0.25) is 0 Å². The summed E-state index contributed by atoms with van der Waals surface area (Å²) in [5.74, 6) is 8.74. The van der Waals surface area contributed by atoms with E-state index in [4.69, 9.17) is 15.3 Å². The molecule has 0 amide bonds. The Bertz CT molecular complexity index is 242. The van der Waals surface area contributed by atoms with Crippen molar-refractivity contribution >= 4 is 11.8 Å². The minimum Gasteiger partial charge on any atom is -0.380 e. The van der Waals surface area contributed by atoms with Crippen molar-refractivity contribution in [1.82, 2.24) is 5.43 Å². The Kier molecular flexibility index (Phi) is 5.76. The van der Waals surface area contributed by atoms with Gasteiger partial charge in [-0.05, 0) is 50.0 Å². The lowest BCUT2D eigenvalue weighted by atomic mass is 9.79. The van der Waals surface area contributed by atoms with Gasteiger partial charge in [0.15, 0.2) is 0 Å². The molecule has 18 heavy (non-hydrogen) atoms. The summed E-state index contributed by atoms with van der Waals surface area (Å²) in [7, 11) is 0. The Morgan fingerprint density at radius 1 is 1.50 bits per heavy atom. The number of nitrogens with one attached hydrogen (secondary N) is 1. The van der Waals surface area contributed by atoms with Crippen LogP contribution in [0.15, 0.2) is 0 Å². The van der Waals surface area contributed by atoms with Crippen LogP contribution in [0.3, 0.4) is 0 Å². The van der Waals surface area contributed by atoms with Crippen LogP contribution in [0.1, 0.15) is 32.6 Å². The summed E-state index contributed by atoms with van der Waals surface area (Å²) in [4.78, 5) is 0. The first-order valence-electron chi connectivity index (χ1n) is 7.05. The van der Waals surface area contributed by atoms with E-state index < -0.39 is 0 Å². The van der Waals surface area contributed by atoms with Crippen LogP contribution in [0.4, 0.5) is 0 Å². The minimum atomic E-state index is 0.134. The van der Waals surface area contributed by atoms with Crippen molar-refractivity contribution in [3.05, 3.63) is 0 Å². The lowest BCUT2D eigenvalue weighted by Crippen LogP contribution is -2.51. The second-order valence-electron chi connectivity index (χ2n) is 5.33. The van der Waals surface area contributed by atoms with Crippen molar-refractivity contribution in [3.8, 4) is 0 Å². The standard InChI is InChI=1S/C13H26N2O2S/c1-2-16-10-12(15-14)11-3-6-17-13(9-11)4-7-18-8-5-13/h11-12,15H,2-10,14H2,1H3. The Morgan fingerprint density at radius 3 is 2.94 bits per heavy atom. The molecule has 2 fully saturated rings. The maximum atomic E-state index is 6.11. The van der Waals surface area contributed by atoms with Crippen molar-refractivity contribution in [1.29, 1.82) is 0 Å². The van der Waals surface area contributed by atoms with Crippen LogP contribution >= 0.6 is 11.8 Å². The van der Waals surface area contributed by atoms with Crippen molar-refractivity contribution < 1.29 is 9.47 Å². The number of nitrogens with two attached hydrogens (primary N) is 1. The summed E-state index contributed by atoms with van der Waals surface area (Å²) in [5.41, 5.74) is 3.08. The van der Waals surface area contributed by atoms with Gasteiger partial charge < -0.3 is 9.47 Å². The first kappa shape index (κ1) is 14.6. The van der Waals surface area contributed by atoms with Gasteiger partial charge in [-0.1, -0.05) is 0 Å². The molecule has 2 aliphatic rings. The monoisotopic (exact) mass is 274 g/mol. The van der Waals surface area contributed by atoms with E-state index in [9.17, 15) is 0 Å². The highest BCUT2D eigenvalue weighted by Gasteiger charge is 2.40. The Morgan fingerprint density at radius 2 is 2.28 bits per heavy atom. The quantitative estimate of drug-likeness (QED) is 0.588. The second-order valence-corrected chi connectivity index (χ2v) is 6.55. The van der Waals surface area contributed by atoms with Gasteiger partial charge in [0.25, 0.3) is 0 Å². The van der Waals surface area contributed by atoms with Gasteiger partial charge in [0, 0.05) is 19.3 Å². The molecular weight excluding hydrogens is 248 g/mol. The van der Waals surface area contributed by atoms with Gasteiger partial charge in [-0.25, -0.2) is 0 Å². The highest BCUT2D eigenvalue weighted by Crippen LogP contribution is 2.40. The molecule has 2 rings (SSSR count). The molecule has 0 radical (unpaired) electrons. The van der Waals surface area contributed by atoms with Gasteiger partial charge in [-0.3, -0.25) is 11.3 Å². The van der Waals surface area contributed by atoms with E-state index in [-0.39, 0.29) is 11.6 Å². The topological polar surface area (TPSA) is 56.5 Å². The number of hydrogen-bond donors (Lipinski definition) is 2. The number of rotatable bonds is 5. The van der Waals surface area contributed by atoms with E-state index in [1.54, 1.807) is 0 Å². The molecule has 2 aliphatic heterocycles. The van der Waals surface area contributed by atoms with Crippen LogP contribution in [-0.4, -0.2) is 43.0 Å². The summed E-state index contributed by atoms with van der Waals surface area (Å²) in [6.07, 6.45) is 4.62. The zero-order valence-corrected chi connectivity index (χ0v) is 12.1. The SMILES string of the molecule is CCOCC(NN)C1CCOC2(CCSCC2)C1. The minimum absolute atomic E-state index is 0.134. The first-order valence-corrected chi connectivity index (χ1v) is 8.21. The maximum Gasteiger partial charge on any atom is 0.0701 e. The van der Waals surface area contributed by atoms with Crippen molar-refractivity contribution in [3.63, 3.8) is 0 Å². The third-order valence-electron chi connectivity index (χ3n) is 4.22. The molecule has 0 aromatic rings. The van der Waals surface area contributed by atoms with E-state index in [1.165, 1.54) is 24.3 Å². The van der Waals surface area contributed by atoms with Crippen molar-refractivity contribution in [2.75, 3.05) is 31.3 Å². The fourth-order valence-electron chi connectivity index (χ4n) is 3.07. The smallest absolute Gasteiger partial charge is 0.0701 e. The van der Waals surface area contributed by atoms with Crippen molar-refractivity contribution in [2.45, 2.75) is 44.2 Å². The normalized spacial score (nSPS) is 29.3. The van der Waals surface area contributed by atoms with E-state index in [0.29, 0.717) is 12.5 Å². The highest BCUT2D eigenvalue weighted by molar-refractivity contribution is 7.99. The van der Waals surface area contributed by atoms with E-state index in [2.05, 4.69) is 5.43 Å². The number of ether oxygens (including phenoxy) is 2. The van der Waals surface area contributed by atoms with Gasteiger partial charge in [-0.15, -0.1) is 0 Å². The average molecular weight is 274 g/mol. The van der Waals surface area contributed by atoms with Crippen LogP contribution in [0.5, 0.6) is 0 Å². The molecule has 2 unspecified atom stereocenters. The molecule has 3 N–H and O–H groups in total. The molecule has 5 heteroatoms. The molecule has 0 aromatic heterocycles. The van der Waals surface area contributed by atoms with E-state index in [0.717, 1.165) is 26.1 Å². The molecule has 2 atom stereocenters. The number of hydrogen-bond acceptors (Lipinski definition) is 5. The van der Waals surface area contributed by atoms with Crippen LogP contribution in [-0.2, 0) is 9.47 Å². The van der Waals surface area contributed by atoms with Gasteiger partial charge in [0.1, 0.15) is 0 Å². The molecule has 2 heterocycles. The molecule has 4 nitrogen and oxygen atoms in total. The lowest BCUT2D eigenvalue weighted by Gasteiger charge is -2.45. The molecule has 0 aliphatic carbocycles. The number of hydrazine groups is 1. The molecule has 0 bridgehead atoms. The average Bonchev–Trinajstić information content (AvgIpc) is 2.41. The van der Waals surface area contributed by atoms with E-state index >= 15 is 0 Å². The Labute approximate surface area is 114 Å². The molecule has 0 saturated carbocycles. The molecule has 0 aromatic carbocycles. The molecule has 106 valence electrons. The van der Waals surface area contributed by atoms with Gasteiger partial charge in [0.2, 0.25) is 0 Å². The first-order chi connectivity index (χ1) is 8.79. The summed E-state index contributed by atoms with van der Waals surface area (Å²) in [5, 5.41) is 0. The predicted molar refractivity (Wildman–Crippen MR) is 75.6 cm³/mol. The van der Waals surface area contributed by atoms with Gasteiger partial charge in [0.05, 0.1) is 12.2 Å². The lowest BCUT2D eigenvalue weighted by molar-refractivity contribution is -0.110. The van der Waals surface area contributed by atoms with Gasteiger partial charge in [-0.2, -0.15) is 11.8 Å². The highest BCUT2D eigenvalue weighted by atomic mass is 32.2. The molecule has 1 spiro atoms. The third kappa shape index (κ3) is 3.61. The second kappa shape index (κ2) is 7.10. The molecule has 2 saturated heterocycles. The summed E-state index contributed by atoms with van der Waals surface area (Å²) < 4.78 is 11.6. The Balaban J connectivity index is 1.91.